The first-order chi connectivity index (χ1) is 8.54. The van der Waals surface area contributed by atoms with E-state index in [1.165, 1.54) is 14.2 Å². The van der Waals surface area contributed by atoms with Crippen LogP contribution >= 0.6 is 15.9 Å². The average molecular weight is 315 g/mol. The fourth-order valence-electron chi connectivity index (χ4n) is 1.66. The SMILES string of the molecule is CCC(C(=O)OC)C(=O)c1cc(Br)ccc1OC. The van der Waals surface area contributed by atoms with E-state index in [1.54, 1.807) is 25.1 Å². The molecule has 98 valence electrons. The third kappa shape index (κ3) is 3.10. The molecule has 1 aromatic rings. The lowest BCUT2D eigenvalue weighted by atomic mass is 9.95. The van der Waals surface area contributed by atoms with Gasteiger partial charge < -0.3 is 9.47 Å². The van der Waals surface area contributed by atoms with E-state index < -0.39 is 11.9 Å². The van der Waals surface area contributed by atoms with Crippen molar-refractivity contribution in [2.45, 2.75) is 13.3 Å². The predicted octanol–water partition coefficient (Wildman–Crippen LogP) is 2.84. The number of halogens is 1. The van der Waals surface area contributed by atoms with Gasteiger partial charge in [-0.1, -0.05) is 22.9 Å². The maximum Gasteiger partial charge on any atom is 0.316 e. The van der Waals surface area contributed by atoms with E-state index in [4.69, 9.17) is 4.74 Å². The highest BCUT2D eigenvalue weighted by Crippen LogP contribution is 2.26. The van der Waals surface area contributed by atoms with Crippen molar-refractivity contribution in [2.24, 2.45) is 5.92 Å². The van der Waals surface area contributed by atoms with Gasteiger partial charge in [0.05, 0.1) is 19.8 Å². The van der Waals surface area contributed by atoms with Crippen LogP contribution in [0.4, 0.5) is 0 Å². The molecule has 0 aliphatic carbocycles. The number of methoxy groups -OCH3 is 2. The van der Waals surface area contributed by atoms with Crippen molar-refractivity contribution >= 4 is 27.7 Å². The molecule has 0 heterocycles. The summed E-state index contributed by atoms with van der Waals surface area (Å²) in [7, 11) is 2.76. The van der Waals surface area contributed by atoms with Crippen molar-refractivity contribution in [3.63, 3.8) is 0 Å². The second kappa shape index (κ2) is 6.54. The van der Waals surface area contributed by atoms with Crippen molar-refractivity contribution in [1.29, 1.82) is 0 Å². The number of Topliss-reactive ketones (excluding diaryl/α,β-unsaturated/α-hetero) is 1. The summed E-state index contributed by atoms with van der Waals surface area (Å²) in [6.07, 6.45) is 0.390. The van der Waals surface area contributed by atoms with E-state index in [0.29, 0.717) is 17.7 Å². The van der Waals surface area contributed by atoms with Gasteiger partial charge in [-0.15, -0.1) is 0 Å². The van der Waals surface area contributed by atoms with E-state index in [2.05, 4.69) is 20.7 Å². The Morgan fingerprint density at radius 3 is 2.50 bits per heavy atom. The van der Waals surface area contributed by atoms with Crippen LogP contribution in [-0.4, -0.2) is 26.0 Å². The zero-order chi connectivity index (χ0) is 13.7. The number of hydrogen-bond acceptors (Lipinski definition) is 4. The zero-order valence-electron chi connectivity index (χ0n) is 10.5. The van der Waals surface area contributed by atoms with Crippen LogP contribution in [0.5, 0.6) is 5.75 Å². The van der Waals surface area contributed by atoms with E-state index in [1.807, 2.05) is 0 Å². The van der Waals surface area contributed by atoms with Crippen LogP contribution in [0.1, 0.15) is 23.7 Å². The quantitative estimate of drug-likeness (QED) is 0.476. The monoisotopic (exact) mass is 314 g/mol. The van der Waals surface area contributed by atoms with Crippen molar-refractivity contribution < 1.29 is 19.1 Å². The molecule has 0 amide bonds. The molecule has 0 saturated heterocycles. The van der Waals surface area contributed by atoms with Gasteiger partial charge in [0, 0.05) is 4.47 Å². The van der Waals surface area contributed by atoms with E-state index in [-0.39, 0.29) is 5.78 Å². The van der Waals surface area contributed by atoms with Crippen LogP contribution in [-0.2, 0) is 9.53 Å². The number of ether oxygens (including phenoxy) is 2. The molecule has 0 aromatic heterocycles. The third-order valence-electron chi connectivity index (χ3n) is 2.64. The molecule has 0 aliphatic heterocycles. The molecule has 0 fully saturated rings. The highest BCUT2D eigenvalue weighted by Gasteiger charge is 2.28. The molecule has 18 heavy (non-hydrogen) atoms. The van der Waals surface area contributed by atoms with Gasteiger partial charge in [0.1, 0.15) is 11.7 Å². The number of carbonyl (C=O) groups is 2. The first-order valence-corrected chi connectivity index (χ1v) is 6.30. The number of rotatable bonds is 5. The fourth-order valence-corrected chi connectivity index (χ4v) is 2.02. The van der Waals surface area contributed by atoms with Gasteiger partial charge >= 0.3 is 5.97 Å². The van der Waals surface area contributed by atoms with Gasteiger partial charge in [-0.3, -0.25) is 9.59 Å². The second-order valence-electron chi connectivity index (χ2n) is 3.69. The molecular weight excluding hydrogens is 300 g/mol. The van der Waals surface area contributed by atoms with Crippen LogP contribution in [0.25, 0.3) is 0 Å². The number of hydrogen-bond donors (Lipinski definition) is 0. The third-order valence-corrected chi connectivity index (χ3v) is 3.13. The molecule has 1 aromatic carbocycles. The maximum absolute atomic E-state index is 12.3. The normalized spacial score (nSPS) is 11.8. The molecule has 0 radical (unpaired) electrons. The molecule has 0 N–H and O–H groups in total. The molecule has 0 bridgehead atoms. The van der Waals surface area contributed by atoms with Gasteiger partial charge in [0.15, 0.2) is 5.78 Å². The summed E-state index contributed by atoms with van der Waals surface area (Å²) in [6, 6.07) is 5.10. The van der Waals surface area contributed by atoms with E-state index >= 15 is 0 Å². The predicted molar refractivity (Wildman–Crippen MR) is 70.8 cm³/mol. The lowest BCUT2D eigenvalue weighted by Crippen LogP contribution is -2.25. The lowest BCUT2D eigenvalue weighted by Gasteiger charge is -2.14. The lowest BCUT2D eigenvalue weighted by molar-refractivity contribution is -0.143. The Balaban J connectivity index is 3.15. The van der Waals surface area contributed by atoms with E-state index in [9.17, 15) is 9.59 Å². The molecule has 1 unspecified atom stereocenters. The van der Waals surface area contributed by atoms with Gasteiger partial charge in [-0.05, 0) is 24.6 Å². The topological polar surface area (TPSA) is 52.6 Å². The minimum Gasteiger partial charge on any atom is -0.496 e. The Morgan fingerprint density at radius 1 is 1.33 bits per heavy atom. The summed E-state index contributed by atoms with van der Waals surface area (Å²) >= 11 is 3.29. The van der Waals surface area contributed by atoms with Gasteiger partial charge in [0.25, 0.3) is 0 Å². The summed E-state index contributed by atoms with van der Waals surface area (Å²) in [5.41, 5.74) is 0.379. The molecule has 1 atom stereocenters. The molecule has 0 aliphatic rings. The van der Waals surface area contributed by atoms with Crippen molar-refractivity contribution in [3.8, 4) is 5.75 Å². The number of ketones is 1. The first kappa shape index (κ1) is 14.7. The molecule has 0 spiro atoms. The Kier molecular flexibility index (Phi) is 5.34. The highest BCUT2D eigenvalue weighted by atomic mass is 79.9. The number of carbonyl (C=O) groups excluding carboxylic acids is 2. The van der Waals surface area contributed by atoms with Gasteiger partial charge in [-0.25, -0.2) is 0 Å². The summed E-state index contributed by atoms with van der Waals surface area (Å²) in [5.74, 6) is -1.16. The van der Waals surface area contributed by atoms with Crippen LogP contribution in [0.3, 0.4) is 0 Å². The molecular formula is C13H15BrO4. The standard InChI is InChI=1S/C13H15BrO4/c1-4-9(13(16)18-3)12(15)10-7-8(14)5-6-11(10)17-2/h5-7,9H,4H2,1-3H3. The first-order valence-electron chi connectivity index (χ1n) is 5.50. The van der Waals surface area contributed by atoms with Crippen molar-refractivity contribution in [1.82, 2.24) is 0 Å². The largest absolute Gasteiger partial charge is 0.496 e. The Labute approximate surface area is 114 Å². The highest BCUT2D eigenvalue weighted by molar-refractivity contribution is 9.10. The number of benzene rings is 1. The molecule has 0 saturated carbocycles. The Morgan fingerprint density at radius 2 is 2.00 bits per heavy atom. The van der Waals surface area contributed by atoms with Gasteiger partial charge in [-0.2, -0.15) is 0 Å². The summed E-state index contributed by atoms with van der Waals surface area (Å²) in [5, 5.41) is 0. The zero-order valence-corrected chi connectivity index (χ0v) is 12.1. The molecule has 4 nitrogen and oxygen atoms in total. The maximum atomic E-state index is 12.3. The number of esters is 1. The van der Waals surface area contributed by atoms with Crippen LogP contribution in [0.2, 0.25) is 0 Å². The van der Waals surface area contributed by atoms with E-state index in [0.717, 1.165) is 4.47 Å². The Bertz CT molecular complexity index is 456. The average Bonchev–Trinajstić information content (AvgIpc) is 2.39. The Hall–Kier alpha value is -1.36. The minimum atomic E-state index is -0.793. The minimum absolute atomic E-state index is 0.289. The summed E-state index contributed by atoms with van der Waals surface area (Å²) in [6.45, 7) is 1.77. The van der Waals surface area contributed by atoms with Crippen molar-refractivity contribution in [3.05, 3.63) is 28.2 Å². The summed E-state index contributed by atoms with van der Waals surface area (Å²) < 4.78 is 10.5. The summed E-state index contributed by atoms with van der Waals surface area (Å²) in [4.78, 5) is 23.9. The fraction of sp³-hybridized carbons (Fsp3) is 0.385. The van der Waals surface area contributed by atoms with Crippen molar-refractivity contribution in [2.75, 3.05) is 14.2 Å². The second-order valence-corrected chi connectivity index (χ2v) is 4.61. The van der Waals surface area contributed by atoms with Crippen LogP contribution < -0.4 is 4.74 Å². The molecule has 5 heteroatoms. The smallest absolute Gasteiger partial charge is 0.316 e. The van der Waals surface area contributed by atoms with Gasteiger partial charge in [0.2, 0.25) is 0 Å². The molecule has 1 rings (SSSR count). The van der Waals surface area contributed by atoms with Crippen LogP contribution in [0.15, 0.2) is 22.7 Å². The van der Waals surface area contributed by atoms with Crippen LogP contribution in [0, 0.1) is 5.92 Å².